The van der Waals surface area contributed by atoms with Crippen molar-refractivity contribution in [1.82, 2.24) is 4.98 Å². The van der Waals surface area contributed by atoms with Crippen LogP contribution in [0.1, 0.15) is 69.4 Å². The summed E-state index contributed by atoms with van der Waals surface area (Å²) >= 11 is 0. The van der Waals surface area contributed by atoms with E-state index in [0.717, 1.165) is 17.7 Å². The molecule has 0 aliphatic heterocycles. The fraction of sp³-hybridized carbons (Fsp3) is 0.429. The molecule has 4 nitrogen and oxygen atoms in total. The van der Waals surface area contributed by atoms with E-state index in [0.29, 0.717) is 24.3 Å². The molecule has 0 fully saturated rings. The van der Waals surface area contributed by atoms with Crippen molar-refractivity contribution >= 4 is 11.8 Å². The molecule has 25 heavy (non-hydrogen) atoms. The van der Waals surface area contributed by atoms with E-state index in [1.54, 1.807) is 0 Å². The SMILES string of the molecule is Cc1ccc([C@H]2CC(=O)c3c([nH]c(C(=O)OCC(C)C)c3C)C2)cc1. The first-order chi connectivity index (χ1) is 11.9. The van der Waals surface area contributed by atoms with E-state index in [2.05, 4.69) is 36.2 Å². The predicted octanol–water partition coefficient (Wildman–Crippen LogP) is 4.36. The van der Waals surface area contributed by atoms with Crippen molar-refractivity contribution in [2.45, 2.75) is 46.5 Å². The summed E-state index contributed by atoms with van der Waals surface area (Å²) < 4.78 is 5.33. The van der Waals surface area contributed by atoms with Gasteiger partial charge in [0.15, 0.2) is 5.78 Å². The van der Waals surface area contributed by atoms with E-state index in [-0.39, 0.29) is 23.6 Å². The summed E-state index contributed by atoms with van der Waals surface area (Å²) in [5, 5.41) is 0. The monoisotopic (exact) mass is 339 g/mol. The van der Waals surface area contributed by atoms with E-state index in [1.165, 1.54) is 11.1 Å². The van der Waals surface area contributed by atoms with Gasteiger partial charge in [-0.1, -0.05) is 43.7 Å². The number of benzene rings is 1. The molecule has 1 atom stereocenters. The van der Waals surface area contributed by atoms with Crippen LogP contribution < -0.4 is 0 Å². The number of carbonyl (C=O) groups excluding carboxylic acids is 2. The van der Waals surface area contributed by atoms with Crippen LogP contribution in [0, 0.1) is 19.8 Å². The van der Waals surface area contributed by atoms with Gasteiger partial charge in [-0.25, -0.2) is 4.79 Å². The number of carbonyl (C=O) groups is 2. The summed E-state index contributed by atoms with van der Waals surface area (Å²) in [7, 11) is 0. The van der Waals surface area contributed by atoms with Gasteiger partial charge in [0.05, 0.1) is 6.61 Å². The number of aromatic nitrogens is 1. The molecule has 0 saturated heterocycles. The van der Waals surface area contributed by atoms with Crippen molar-refractivity contribution < 1.29 is 14.3 Å². The summed E-state index contributed by atoms with van der Waals surface area (Å²) in [6.45, 7) is 8.25. The van der Waals surface area contributed by atoms with Gasteiger partial charge in [0.1, 0.15) is 5.69 Å². The maximum atomic E-state index is 12.7. The summed E-state index contributed by atoms with van der Waals surface area (Å²) in [6.07, 6.45) is 1.22. The number of ether oxygens (including phenoxy) is 1. The third-order valence-corrected chi connectivity index (χ3v) is 4.79. The van der Waals surface area contributed by atoms with Crippen LogP contribution in [0.4, 0.5) is 0 Å². The van der Waals surface area contributed by atoms with Gasteiger partial charge in [-0.15, -0.1) is 0 Å². The number of hydrogen-bond donors (Lipinski definition) is 1. The highest BCUT2D eigenvalue weighted by Gasteiger charge is 2.32. The lowest BCUT2D eigenvalue weighted by Crippen LogP contribution is -2.18. The third kappa shape index (κ3) is 3.53. The number of H-pyrrole nitrogens is 1. The smallest absolute Gasteiger partial charge is 0.355 e. The van der Waals surface area contributed by atoms with Gasteiger partial charge in [-0.2, -0.15) is 0 Å². The summed E-state index contributed by atoms with van der Waals surface area (Å²) in [5.41, 5.74) is 5.05. The van der Waals surface area contributed by atoms with Crippen molar-refractivity contribution in [2.75, 3.05) is 6.61 Å². The Morgan fingerprint density at radius 2 is 1.88 bits per heavy atom. The van der Waals surface area contributed by atoms with E-state index in [4.69, 9.17) is 4.74 Å². The zero-order valence-electron chi connectivity index (χ0n) is 15.3. The van der Waals surface area contributed by atoms with Crippen molar-refractivity contribution in [3.63, 3.8) is 0 Å². The Morgan fingerprint density at radius 3 is 2.52 bits per heavy atom. The number of rotatable bonds is 4. The lowest BCUT2D eigenvalue weighted by Gasteiger charge is -2.22. The van der Waals surface area contributed by atoms with Gasteiger partial charge in [-0.3, -0.25) is 4.79 Å². The highest BCUT2D eigenvalue weighted by atomic mass is 16.5. The number of fused-ring (bicyclic) bond motifs is 1. The minimum Gasteiger partial charge on any atom is -0.461 e. The highest BCUT2D eigenvalue weighted by molar-refractivity contribution is 6.03. The lowest BCUT2D eigenvalue weighted by atomic mass is 9.81. The maximum absolute atomic E-state index is 12.7. The molecule has 0 amide bonds. The number of aryl methyl sites for hydroxylation is 1. The number of esters is 1. The van der Waals surface area contributed by atoms with E-state index in [1.807, 2.05) is 20.8 Å². The summed E-state index contributed by atoms with van der Waals surface area (Å²) in [5.74, 6) is 0.156. The first kappa shape index (κ1) is 17.5. The zero-order valence-corrected chi connectivity index (χ0v) is 15.3. The molecule has 3 rings (SSSR count). The van der Waals surface area contributed by atoms with Crippen LogP contribution in [0.25, 0.3) is 0 Å². The van der Waals surface area contributed by atoms with Crippen molar-refractivity contribution in [3.8, 4) is 0 Å². The zero-order chi connectivity index (χ0) is 18.1. The Hall–Kier alpha value is -2.36. The molecule has 1 aliphatic carbocycles. The maximum Gasteiger partial charge on any atom is 0.355 e. The van der Waals surface area contributed by atoms with Crippen molar-refractivity contribution in [2.24, 2.45) is 5.92 Å². The van der Waals surface area contributed by atoms with Gasteiger partial charge in [0.2, 0.25) is 0 Å². The topological polar surface area (TPSA) is 59.2 Å². The molecule has 0 spiro atoms. The normalized spacial score (nSPS) is 16.8. The van der Waals surface area contributed by atoms with E-state index < -0.39 is 0 Å². The number of nitrogens with one attached hydrogen (secondary N) is 1. The molecule has 1 aromatic heterocycles. The molecular weight excluding hydrogens is 314 g/mol. The molecule has 2 aromatic rings. The second kappa shape index (κ2) is 6.87. The molecule has 1 heterocycles. The second-order valence-electron chi connectivity index (χ2n) is 7.41. The molecule has 132 valence electrons. The molecule has 1 aromatic carbocycles. The van der Waals surface area contributed by atoms with Crippen LogP contribution in [-0.2, 0) is 11.2 Å². The molecule has 1 N–H and O–H groups in total. The molecule has 1 aliphatic rings. The highest BCUT2D eigenvalue weighted by Crippen LogP contribution is 2.35. The first-order valence-corrected chi connectivity index (χ1v) is 8.85. The van der Waals surface area contributed by atoms with Gasteiger partial charge < -0.3 is 9.72 Å². The van der Waals surface area contributed by atoms with Crippen LogP contribution in [0.3, 0.4) is 0 Å². The molecule has 0 unspecified atom stereocenters. The number of aromatic amines is 1. The Labute approximate surface area is 148 Å². The van der Waals surface area contributed by atoms with Crippen LogP contribution in [0.2, 0.25) is 0 Å². The van der Waals surface area contributed by atoms with Gasteiger partial charge in [-0.05, 0) is 43.2 Å². The largest absolute Gasteiger partial charge is 0.461 e. The lowest BCUT2D eigenvalue weighted by molar-refractivity contribution is 0.0451. The standard InChI is InChI=1S/C21H25NO3/c1-12(2)11-25-21(24)20-14(4)19-17(22-20)9-16(10-18(19)23)15-7-5-13(3)6-8-15/h5-8,12,16,22H,9-11H2,1-4H3/t16-/m1/s1. The van der Waals surface area contributed by atoms with Gasteiger partial charge in [0, 0.05) is 17.7 Å². The molecule has 0 radical (unpaired) electrons. The Balaban J connectivity index is 1.86. The fourth-order valence-corrected chi connectivity index (χ4v) is 3.43. The fourth-order valence-electron chi connectivity index (χ4n) is 3.43. The van der Waals surface area contributed by atoms with Crippen molar-refractivity contribution in [1.29, 1.82) is 0 Å². The van der Waals surface area contributed by atoms with Crippen LogP contribution >= 0.6 is 0 Å². The first-order valence-electron chi connectivity index (χ1n) is 8.85. The van der Waals surface area contributed by atoms with Gasteiger partial charge >= 0.3 is 5.97 Å². The number of hydrogen-bond acceptors (Lipinski definition) is 3. The second-order valence-corrected chi connectivity index (χ2v) is 7.41. The average molecular weight is 339 g/mol. The van der Waals surface area contributed by atoms with Crippen LogP contribution in [0.15, 0.2) is 24.3 Å². The minimum atomic E-state index is -0.375. The summed E-state index contributed by atoms with van der Waals surface area (Å²) in [6, 6.07) is 8.33. The molecule has 4 heteroatoms. The van der Waals surface area contributed by atoms with E-state index in [9.17, 15) is 9.59 Å². The Kier molecular flexibility index (Phi) is 4.80. The number of Topliss-reactive ketones (excluding diaryl/α,β-unsaturated/α-hetero) is 1. The molecule has 0 bridgehead atoms. The van der Waals surface area contributed by atoms with Crippen LogP contribution in [-0.4, -0.2) is 23.3 Å². The number of ketones is 1. The third-order valence-electron chi connectivity index (χ3n) is 4.79. The predicted molar refractivity (Wildman–Crippen MR) is 97.2 cm³/mol. The van der Waals surface area contributed by atoms with Gasteiger partial charge in [0.25, 0.3) is 0 Å². The summed E-state index contributed by atoms with van der Waals surface area (Å²) in [4.78, 5) is 28.2. The quantitative estimate of drug-likeness (QED) is 0.842. The van der Waals surface area contributed by atoms with E-state index >= 15 is 0 Å². The minimum absolute atomic E-state index is 0.100. The Bertz CT molecular complexity index is 799. The average Bonchev–Trinajstić information content (AvgIpc) is 2.90. The van der Waals surface area contributed by atoms with Crippen molar-refractivity contribution in [3.05, 3.63) is 57.9 Å². The van der Waals surface area contributed by atoms with Crippen LogP contribution in [0.5, 0.6) is 0 Å². The Morgan fingerprint density at radius 1 is 1.20 bits per heavy atom. The molecule has 0 saturated carbocycles. The molecular formula is C21H25NO3.